The molecule has 158 valence electrons. The first-order valence-corrected chi connectivity index (χ1v) is 11.2. The Labute approximate surface area is 173 Å². The van der Waals surface area contributed by atoms with E-state index in [9.17, 15) is 9.59 Å². The molecule has 3 aliphatic rings. The first kappa shape index (κ1) is 20.0. The van der Waals surface area contributed by atoms with Gasteiger partial charge in [-0.2, -0.15) is 0 Å². The van der Waals surface area contributed by atoms with Crippen LogP contribution < -0.4 is 15.0 Å². The van der Waals surface area contributed by atoms with E-state index in [0.29, 0.717) is 18.2 Å². The molecule has 1 N–H and O–H groups in total. The lowest BCUT2D eigenvalue weighted by atomic mass is 9.86. The van der Waals surface area contributed by atoms with E-state index in [1.54, 1.807) is 0 Å². The lowest BCUT2D eigenvalue weighted by Gasteiger charge is -2.38. The molecular weight excluding hydrogens is 366 g/mol. The Morgan fingerprint density at radius 3 is 2.62 bits per heavy atom. The highest BCUT2D eigenvalue weighted by atomic mass is 16.5. The van der Waals surface area contributed by atoms with Gasteiger partial charge in [-0.05, 0) is 50.2 Å². The number of amides is 2. The van der Waals surface area contributed by atoms with Crippen molar-refractivity contribution >= 4 is 17.5 Å². The van der Waals surface area contributed by atoms with Gasteiger partial charge in [0.2, 0.25) is 5.91 Å². The van der Waals surface area contributed by atoms with Crippen molar-refractivity contribution in [3.8, 4) is 5.75 Å². The molecule has 0 unspecified atom stereocenters. The van der Waals surface area contributed by atoms with Gasteiger partial charge in [0.05, 0.1) is 18.8 Å². The van der Waals surface area contributed by atoms with Crippen molar-refractivity contribution in [1.29, 1.82) is 0 Å². The van der Waals surface area contributed by atoms with E-state index in [2.05, 4.69) is 12.2 Å². The van der Waals surface area contributed by atoms with Crippen LogP contribution >= 0.6 is 0 Å². The number of para-hydroxylation sites is 2. The molecule has 1 aliphatic carbocycles. The van der Waals surface area contributed by atoms with Crippen LogP contribution in [0.3, 0.4) is 0 Å². The van der Waals surface area contributed by atoms with E-state index >= 15 is 0 Å². The van der Waals surface area contributed by atoms with Gasteiger partial charge < -0.3 is 19.9 Å². The van der Waals surface area contributed by atoms with Gasteiger partial charge in [-0.15, -0.1) is 0 Å². The minimum atomic E-state index is -0.551. The second-order valence-electron chi connectivity index (χ2n) is 8.78. The van der Waals surface area contributed by atoms with Crippen molar-refractivity contribution in [2.45, 2.75) is 64.0 Å². The van der Waals surface area contributed by atoms with Crippen LogP contribution in [-0.2, 0) is 9.59 Å². The summed E-state index contributed by atoms with van der Waals surface area (Å²) < 4.78 is 6.06. The summed E-state index contributed by atoms with van der Waals surface area (Å²) in [6.45, 7) is 4.51. The third-order valence-electron chi connectivity index (χ3n) is 6.60. The summed E-state index contributed by atoms with van der Waals surface area (Å²) in [6.07, 6.45) is 7.42. The maximum absolute atomic E-state index is 13.0. The predicted octanol–water partition coefficient (Wildman–Crippen LogP) is 2.96. The number of hydrogen-bond donors (Lipinski definition) is 1. The van der Waals surface area contributed by atoms with Crippen LogP contribution in [-0.4, -0.2) is 55.0 Å². The summed E-state index contributed by atoms with van der Waals surface area (Å²) in [4.78, 5) is 29.8. The van der Waals surface area contributed by atoms with Gasteiger partial charge in [-0.25, -0.2) is 0 Å². The largest absolute Gasteiger partial charge is 0.477 e. The Bertz CT molecular complexity index is 732. The topological polar surface area (TPSA) is 61.9 Å². The molecule has 2 amide bonds. The fourth-order valence-electron chi connectivity index (χ4n) is 4.86. The van der Waals surface area contributed by atoms with Gasteiger partial charge in [0.25, 0.3) is 5.91 Å². The third kappa shape index (κ3) is 4.68. The fraction of sp³-hybridized carbons (Fsp3) is 0.652. The normalized spacial score (nSPS) is 27.0. The van der Waals surface area contributed by atoms with Crippen LogP contribution in [0.2, 0.25) is 0 Å². The molecule has 0 bridgehead atoms. The van der Waals surface area contributed by atoms with Crippen LogP contribution in [0.25, 0.3) is 0 Å². The molecule has 6 nitrogen and oxygen atoms in total. The summed E-state index contributed by atoms with van der Waals surface area (Å²) in [7, 11) is 0. The Kier molecular flexibility index (Phi) is 6.26. The molecule has 0 aromatic heterocycles. The molecule has 29 heavy (non-hydrogen) atoms. The van der Waals surface area contributed by atoms with E-state index in [1.807, 2.05) is 34.1 Å². The molecule has 2 fully saturated rings. The van der Waals surface area contributed by atoms with Crippen molar-refractivity contribution < 1.29 is 14.3 Å². The molecule has 1 aromatic carbocycles. The van der Waals surface area contributed by atoms with Crippen LogP contribution in [0.1, 0.15) is 51.9 Å². The number of nitrogens with one attached hydrogen (secondary N) is 1. The number of benzene rings is 1. The lowest BCUT2D eigenvalue weighted by molar-refractivity contribution is -0.139. The van der Waals surface area contributed by atoms with Gasteiger partial charge >= 0.3 is 0 Å². The number of carbonyl (C=O) groups excluding carboxylic acids is 2. The summed E-state index contributed by atoms with van der Waals surface area (Å²) in [5, 5.41) is 3.24. The maximum Gasteiger partial charge on any atom is 0.265 e. The average molecular weight is 400 g/mol. The highest BCUT2D eigenvalue weighted by molar-refractivity contribution is 5.86. The highest BCUT2D eigenvalue weighted by Gasteiger charge is 2.35. The molecule has 1 saturated heterocycles. The number of hydrogen-bond acceptors (Lipinski definition) is 4. The Balaban J connectivity index is 1.44. The molecule has 6 heteroatoms. The quantitative estimate of drug-likeness (QED) is 0.846. The number of fused-ring (bicyclic) bond motifs is 1. The van der Waals surface area contributed by atoms with Crippen molar-refractivity contribution in [2.24, 2.45) is 5.92 Å². The Morgan fingerprint density at radius 1 is 1.07 bits per heavy atom. The van der Waals surface area contributed by atoms with E-state index in [1.165, 1.54) is 25.7 Å². The summed E-state index contributed by atoms with van der Waals surface area (Å²) in [6, 6.07) is 7.97. The van der Waals surface area contributed by atoms with Crippen LogP contribution in [0.4, 0.5) is 5.69 Å². The molecule has 4 rings (SSSR count). The van der Waals surface area contributed by atoms with Gasteiger partial charge in [-0.1, -0.05) is 31.9 Å². The number of anilines is 1. The standard InChI is InChI=1S/C23H33N3O3/c1-17-9-3-4-10-18(17)24-22(27)16-26-15-21(23(28)25-13-7-2-8-14-25)29-20-12-6-5-11-19(20)26/h5-6,11-12,17-18,21H,2-4,7-10,13-16H2,1H3,(H,24,27)/t17-,18-,21-/m1/s1. The number of ether oxygens (including phenoxy) is 1. The zero-order chi connectivity index (χ0) is 20.2. The number of likely N-dealkylation sites (tertiary alicyclic amines) is 1. The van der Waals surface area contributed by atoms with Crippen molar-refractivity contribution in [1.82, 2.24) is 10.2 Å². The molecule has 0 radical (unpaired) electrons. The molecule has 0 spiro atoms. The average Bonchev–Trinajstić information content (AvgIpc) is 2.75. The molecule has 1 saturated carbocycles. The van der Waals surface area contributed by atoms with E-state index in [-0.39, 0.29) is 24.4 Å². The predicted molar refractivity (Wildman–Crippen MR) is 113 cm³/mol. The number of nitrogens with zero attached hydrogens (tertiary/aromatic N) is 2. The Hall–Kier alpha value is -2.24. The van der Waals surface area contributed by atoms with Crippen molar-refractivity contribution in [3.05, 3.63) is 24.3 Å². The van der Waals surface area contributed by atoms with Crippen LogP contribution in [0.5, 0.6) is 5.75 Å². The molecule has 1 aromatic rings. The summed E-state index contributed by atoms with van der Waals surface area (Å²) >= 11 is 0. The minimum Gasteiger partial charge on any atom is -0.477 e. The zero-order valence-corrected chi connectivity index (χ0v) is 17.4. The van der Waals surface area contributed by atoms with Gasteiger partial charge in [0.1, 0.15) is 5.75 Å². The fourth-order valence-corrected chi connectivity index (χ4v) is 4.86. The second-order valence-corrected chi connectivity index (χ2v) is 8.78. The second kappa shape index (κ2) is 9.06. The van der Waals surface area contributed by atoms with Crippen LogP contribution in [0, 0.1) is 5.92 Å². The highest BCUT2D eigenvalue weighted by Crippen LogP contribution is 2.33. The first-order valence-electron chi connectivity index (χ1n) is 11.2. The third-order valence-corrected chi connectivity index (χ3v) is 6.60. The summed E-state index contributed by atoms with van der Waals surface area (Å²) in [5.41, 5.74) is 0.891. The molecule has 2 heterocycles. The smallest absolute Gasteiger partial charge is 0.265 e. The maximum atomic E-state index is 13.0. The minimum absolute atomic E-state index is 0.0321. The first-order chi connectivity index (χ1) is 14.1. The lowest BCUT2D eigenvalue weighted by Crippen LogP contribution is -2.54. The molecular formula is C23H33N3O3. The van der Waals surface area contributed by atoms with Crippen molar-refractivity contribution in [2.75, 3.05) is 31.1 Å². The summed E-state index contributed by atoms with van der Waals surface area (Å²) in [5.74, 6) is 1.29. The monoisotopic (exact) mass is 399 g/mol. The van der Waals surface area contributed by atoms with E-state index < -0.39 is 6.10 Å². The van der Waals surface area contributed by atoms with Gasteiger partial charge in [-0.3, -0.25) is 9.59 Å². The SMILES string of the molecule is C[C@@H]1CCCC[C@H]1NC(=O)CN1C[C@H](C(=O)N2CCCCC2)Oc2ccccc21. The Morgan fingerprint density at radius 2 is 1.83 bits per heavy atom. The zero-order valence-electron chi connectivity index (χ0n) is 17.4. The van der Waals surface area contributed by atoms with Gasteiger partial charge in [0.15, 0.2) is 6.10 Å². The van der Waals surface area contributed by atoms with Crippen LogP contribution in [0.15, 0.2) is 24.3 Å². The number of carbonyl (C=O) groups is 2. The van der Waals surface area contributed by atoms with E-state index in [0.717, 1.165) is 38.0 Å². The number of rotatable bonds is 4. The molecule has 3 atom stereocenters. The van der Waals surface area contributed by atoms with E-state index in [4.69, 9.17) is 4.74 Å². The molecule has 2 aliphatic heterocycles. The number of piperidine rings is 1. The van der Waals surface area contributed by atoms with Gasteiger partial charge in [0, 0.05) is 19.1 Å². The van der Waals surface area contributed by atoms with Crippen molar-refractivity contribution in [3.63, 3.8) is 0 Å².